The average molecular weight is 302 g/mol. The molecule has 0 amide bonds. The summed E-state index contributed by atoms with van der Waals surface area (Å²) in [5.74, 6) is -0.184. The van der Waals surface area contributed by atoms with Crippen LogP contribution < -0.4 is 10.1 Å². The van der Waals surface area contributed by atoms with E-state index >= 15 is 0 Å². The van der Waals surface area contributed by atoms with Gasteiger partial charge in [0.15, 0.2) is 0 Å². The summed E-state index contributed by atoms with van der Waals surface area (Å²) in [6.45, 7) is 4.14. The van der Waals surface area contributed by atoms with Gasteiger partial charge in [-0.1, -0.05) is 12.1 Å². The maximum absolute atomic E-state index is 12.1. The number of halogens is 3. The monoisotopic (exact) mass is 302 g/mol. The van der Waals surface area contributed by atoms with Crippen molar-refractivity contribution in [2.45, 2.75) is 38.2 Å². The molecule has 2 unspecified atom stereocenters. The maximum Gasteiger partial charge on any atom is 0.573 e. The molecule has 1 fully saturated rings. The molecule has 2 atom stereocenters. The van der Waals surface area contributed by atoms with Crippen molar-refractivity contribution in [2.24, 2.45) is 0 Å². The van der Waals surface area contributed by atoms with E-state index in [-0.39, 0.29) is 11.8 Å². The summed E-state index contributed by atoms with van der Waals surface area (Å²) < 4.78 is 40.2. The summed E-state index contributed by atoms with van der Waals surface area (Å²) in [4.78, 5) is 2.29. The number of benzene rings is 1. The van der Waals surface area contributed by atoms with Gasteiger partial charge < -0.3 is 15.0 Å². The van der Waals surface area contributed by atoms with Crippen molar-refractivity contribution in [3.63, 3.8) is 0 Å². The molecule has 1 aliphatic rings. The lowest BCUT2D eigenvalue weighted by molar-refractivity contribution is -0.274. The number of nitrogens with zero attached hydrogens (tertiary/aromatic N) is 1. The lowest BCUT2D eigenvalue weighted by Crippen LogP contribution is -2.44. The van der Waals surface area contributed by atoms with E-state index in [1.54, 1.807) is 12.1 Å². The van der Waals surface area contributed by atoms with E-state index in [4.69, 9.17) is 0 Å². The van der Waals surface area contributed by atoms with Crippen molar-refractivity contribution in [1.29, 1.82) is 0 Å². The van der Waals surface area contributed by atoms with Gasteiger partial charge >= 0.3 is 6.36 Å². The molecule has 1 saturated heterocycles. The summed E-state index contributed by atoms with van der Waals surface area (Å²) in [5.41, 5.74) is 0.956. The predicted molar refractivity (Wildman–Crippen MR) is 75.2 cm³/mol. The number of piperidine rings is 1. The molecule has 2 rings (SSSR count). The Morgan fingerprint density at radius 1 is 1.29 bits per heavy atom. The molecule has 1 heterocycles. The number of rotatable bonds is 4. The summed E-state index contributed by atoms with van der Waals surface area (Å²) in [7, 11) is 2.10. The van der Waals surface area contributed by atoms with Gasteiger partial charge in [0.05, 0.1) is 0 Å². The minimum atomic E-state index is -4.64. The number of hydrogen-bond donors (Lipinski definition) is 1. The van der Waals surface area contributed by atoms with Crippen LogP contribution in [-0.2, 0) is 0 Å². The van der Waals surface area contributed by atoms with Crippen LogP contribution in [0.1, 0.15) is 31.4 Å². The lowest BCUT2D eigenvalue weighted by atomic mass is 10.0. The molecular formula is C15H21F3N2O. The van der Waals surface area contributed by atoms with Crippen LogP contribution in [0.3, 0.4) is 0 Å². The Labute approximate surface area is 123 Å². The number of alkyl halides is 3. The van der Waals surface area contributed by atoms with Gasteiger partial charge in [0.25, 0.3) is 0 Å². The van der Waals surface area contributed by atoms with E-state index in [0.717, 1.165) is 25.1 Å². The highest BCUT2D eigenvalue weighted by atomic mass is 19.4. The molecule has 6 heteroatoms. The fourth-order valence-electron chi connectivity index (χ4n) is 2.71. The van der Waals surface area contributed by atoms with E-state index in [0.29, 0.717) is 6.04 Å². The van der Waals surface area contributed by atoms with Crippen LogP contribution in [0.4, 0.5) is 13.2 Å². The second-order valence-corrected chi connectivity index (χ2v) is 5.61. The molecule has 1 aromatic carbocycles. The second-order valence-electron chi connectivity index (χ2n) is 5.61. The Morgan fingerprint density at radius 2 is 1.95 bits per heavy atom. The Morgan fingerprint density at radius 3 is 2.52 bits per heavy atom. The largest absolute Gasteiger partial charge is 0.573 e. The molecule has 1 N–H and O–H groups in total. The van der Waals surface area contributed by atoms with E-state index in [1.807, 2.05) is 6.92 Å². The highest BCUT2D eigenvalue weighted by Crippen LogP contribution is 2.24. The first-order valence-corrected chi connectivity index (χ1v) is 7.14. The summed E-state index contributed by atoms with van der Waals surface area (Å²) in [6, 6.07) is 6.57. The van der Waals surface area contributed by atoms with Crippen LogP contribution >= 0.6 is 0 Å². The number of likely N-dealkylation sites (N-methyl/N-ethyl adjacent to an activating group) is 1. The van der Waals surface area contributed by atoms with Crippen LogP contribution in [0.2, 0.25) is 0 Å². The van der Waals surface area contributed by atoms with E-state index in [2.05, 4.69) is 22.0 Å². The Kier molecular flexibility index (Phi) is 5.11. The quantitative estimate of drug-likeness (QED) is 0.923. The zero-order valence-electron chi connectivity index (χ0n) is 12.3. The molecule has 0 bridgehead atoms. The third-order valence-corrected chi connectivity index (χ3v) is 3.72. The van der Waals surface area contributed by atoms with E-state index < -0.39 is 6.36 Å². The predicted octanol–water partition coefficient (Wildman–Crippen LogP) is 3.33. The fourth-order valence-corrected chi connectivity index (χ4v) is 2.71. The second kappa shape index (κ2) is 6.66. The van der Waals surface area contributed by atoms with Gasteiger partial charge in [-0.25, -0.2) is 0 Å². The van der Waals surface area contributed by atoms with Crippen LogP contribution in [-0.4, -0.2) is 37.4 Å². The first-order valence-electron chi connectivity index (χ1n) is 7.14. The minimum Gasteiger partial charge on any atom is -0.406 e. The minimum absolute atomic E-state index is 0.0986. The number of nitrogens with one attached hydrogen (secondary N) is 1. The highest BCUT2D eigenvalue weighted by molar-refractivity contribution is 5.29. The molecule has 21 heavy (non-hydrogen) atoms. The molecule has 1 aromatic rings. The van der Waals surface area contributed by atoms with Gasteiger partial charge in [0, 0.05) is 18.6 Å². The van der Waals surface area contributed by atoms with Crippen molar-refractivity contribution in [3.05, 3.63) is 29.8 Å². The number of likely N-dealkylation sites (tertiary alicyclic amines) is 1. The van der Waals surface area contributed by atoms with Gasteiger partial charge in [-0.15, -0.1) is 13.2 Å². The summed E-state index contributed by atoms with van der Waals surface area (Å²) in [6.07, 6.45) is -2.35. The van der Waals surface area contributed by atoms with Crippen molar-refractivity contribution in [3.8, 4) is 5.75 Å². The standard InChI is InChI=1S/C15H21F3N2O/c1-11(19-13-4-3-9-20(2)10-13)12-5-7-14(8-6-12)21-15(16,17)18/h5-8,11,13,19H,3-4,9-10H2,1-2H3. The normalized spacial score (nSPS) is 22.0. The van der Waals surface area contributed by atoms with E-state index in [1.165, 1.54) is 18.6 Å². The smallest absolute Gasteiger partial charge is 0.406 e. The zero-order chi connectivity index (χ0) is 15.5. The van der Waals surface area contributed by atoms with Gasteiger partial charge in [0.2, 0.25) is 0 Å². The first kappa shape index (κ1) is 16.1. The first-order chi connectivity index (χ1) is 9.83. The van der Waals surface area contributed by atoms with Crippen molar-refractivity contribution in [1.82, 2.24) is 10.2 Å². The Bertz CT molecular complexity index is 447. The SMILES string of the molecule is CC(NC1CCCN(C)C1)c1ccc(OC(F)(F)F)cc1. The van der Waals surface area contributed by atoms with Crippen molar-refractivity contribution >= 4 is 0 Å². The van der Waals surface area contributed by atoms with Crippen LogP contribution in [0, 0.1) is 0 Å². The molecule has 0 aromatic heterocycles. The van der Waals surface area contributed by atoms with Crippen LogP contribution in [0.5, 0.6) is 5.75 Å². The number of hydrogen-bond acceptors (Lipinski definition) is 3. The molecule has 0 aliphatic carbocycles. The third kappa shape index (κ3) is 5.21. The summed E-state index contributed by atoms with van der Waals surface area (Å²) in [5, 5.41) is 3.53. The zero-order valence-corrected chi connectivity index (χ0v) is 12.3. The van der Waals surface area contributed by atoms with Crippen molar-refractivity contribution in [2.75, 3.05) is 20.1 Å². The average Bonchev–Trinajstić information content (AvgIpc) is 2.37. The van der Waals surface area contributed by atoms with Gasteiger partial charge in [-0.2, -0.15) is 0 Å². The fraction of sp³-hybridized carbons (Fsp3) is 0.600. The number of ether oxygens (including phenoxy) is 1. The van der Waals surface area contributed by atoms with Crippen LogP contribution in [0.15, 0.2) is 24.3 Å². The molecule has 0 spiro atoms. The van der Waals surface area contributed by atoms with Gasteiger partial charge in [-0.3, -0.25) is 0 Å². The maximum atomic E-state index is 12.1. The third-order valence-electron chi connectivity index (χ3n) is 3.72. The van der Waals surface area contributed by atoms with Crippen molar-refractivity contribution < 1.29 is 17.9 Å². The topological polar surface area (TPSA) is 24.5 Å². The molecule has 0 radical (unpaired) electrons. The van der Waals surface area contributed by atoms with Crippen LogP contribution in [0.25, 0.3) is 0 Å². The van der Waals surface area contributed by atoms with Gasteiger partial charge in [0.1, 0.15) is 5.75 Å². The molecule has 1 aliphatic heterocycles. The lowest BCUT2D eigenvalue weighted by Gasteiger charge is -2.32. The summed E-state index contributed by atoms with van der Waals surface area (Å²) >= 11 is 0. The molecule has 0 saturated carbocycles. The van der Waals surface area contributed by atoms with Gasteiger partial charge in [-0.05, 0) is 51.1 Å². The van der Waals surface area contributed by atoms with E-state index in [9.17, 15) is 13.2 Å². The molecule has 3 nitrogen and oxygen atoms in total. The Balaban J connectivity index is 1.91. The Hall–Kier alpha value is -1.27. The molecule has 118 valence electrons. The molecular weight excluding hydrogens is 281 g/mol. The highest BCUT2D eigenvalue weighted by Gasteiger charge is 2.31.